The molecule has 0 fully saturated rings. The fourth-order valence-electron chi connectivity index (χ4n) is 2.27. The first-order chi connectivity index (χ1) is 9.83. The summed E-state index contributed by atoms with van der Waals surface area (Å²) in [6, 6.07) is 10.1. The lowest BCUT2D eigenvalue weighted by Crippen LogP contribution is -1.94. The number of thioether (sulfide) groups is 1. The molecule has 1 N–H and O–H groups in total. The molecule has 0 bridgehead atoms. The average molecular weight is 297 g/mol. The number of hydrogen-bond acceptors (Lipinski definition) is 4. The van der Waals surface area contributed by atoms with Gasteiger partial charge in [0.25, 0.3) is 0 Å². The summed E-state index contributed by atoms with van der Waals surface area (Å²) in [6.45, 7) is 0. The van der Waals surface area contributed by atoms with Crippen molar-refractivity contribution < 1.29 is 0 Å². The second kappa shape index (κ2) is 5.61. The Bertz CT molecular complexity index is 785. The van der Waals surface area contributed by atoms with Gasteiger partial charge in [0.2, 0.25) is 0 Å². The van der Waals surface area contributed by atoms with Crippen molar-refractivity contribution in [2.75, 3.05) is 5.75 Å². The Morgan fingerprint density at radius 1 is 1.40 bits per heavy atom. The summed E-state index contributed by atoms with van der Waals surface area (Å²) in [7, 11) is 0. The van der Waals surface area contributed by atoms with Gasteiger partial charge in [0.1, 0.15) is 0 Å². The van der Waals surface area contributed by atoms with E-state index in [9.17, 15) is 0 Å². The third-order valence-electron chi connectivity index (χ3n) is 3.09. The predicted octanol–water partition coefficient (Wildman–Crippen LogP) is 3.99. The van der Waals surface area contributed by atoms with Crippen molar-refractivity contribution in [2.45, 2.75) is 6.42 Å². The van der Waals surface area contributed by atoms with Crippen LogP contribution in [0.3, 0.4) is 0 Å². The van der Waals surface area contributed by atoms with Crippen LogP contribution in [0.15, 0.2) is 36.7 Å². The Morgan fingerprint density at radius 3 is 3.15 bits per heavy atom. The molecule has 98 valence electrons. The molecule has 2 aliphatic rings. The highest BCUT2D eigenvalue weighted by atomic mass is 32.2. The Balaban J connectivity index is 2.13. The molecule has 1 aliphatic carbocycles. The lowest BCUT2D eigenvalue weighted by Gasteiger charge is -2.04. The van der Waals surface area contributed by atoms with Crippen molar-refractivity contribution in [3.05, 3.63) is 42.2 Å². The Morgan fingerprint density at radius 2 is 2.30 bits per heavy atom. The van der Waals surface area contributed by atoms with Gasteiger partial charge in [0.15, 0.2) is 0 Å². The van der Waals surface area contributed by atoms with Crippen LogP contribution >= 0.6 is 24.0 Å². The van der Waals surface area contributed by atoms with Crippen molar-refractivity contribution in [3.63, 3.8) is 0 Å². The van der Waals surface area contributed by atoms with E-state index in [-0.39, 0.29) is 0 Å². The van der Waals surface area contributed by atoms with Crippen molar-refractivity contribution in [2.24, 2.45) is 0 Å². The van der Waals surface area contributed by atoms with E-state index in [0.29, 0.717) is 6.42 Å². The summed E-state index contributed by atoms with van der Waals surface area (Å²) in [5, 5.41) is 9.70. The smallest absolute Gasteiger partial charge is 0.0949 e. The Kier molecular flexibility index (Phi) is 3.68. The van der Waals surface area contributed by atoms with Crippen molar-refractivity contribution in [1.29, 1.82) is 5.26 Å². The molecule has 1 aliphatic heterocycles. The maximum Gasteiger partial charge on any atom is 0.0949 e. The standard InChI is InChI=1S/C15H11N3S2/c16-6-3-9-20-15(19)12-10-4-1-7-17-13(10)14-11(12)5-2-8-18-14/h1-2,4-5,7-8,17H,3,9H2. The van der Waals surface area contributed by atoms with Crippen LogP contribution in [0.1, 0.15) is 12.0 Å². The number of H-pyrrole nitrogens is 1. The molecule has 0 saturated heterocycles. The summed E-state index contributed by atoms with van der Waals surface area (Å²) >= 11 is 7.11. The van der Waals surface area contributed by atoms with Gasteiger partial charge in [-0.1, -0.05) is 24.4 Å². The van der Waals surface area contributed by atoms with E-state index in [4.69, 9.17) is 17.5 Å². The molecule has 3 rings (SSSR count). The molecule has 0 unspecified atom stereocenters. The van der Waals surface area contributed by atoms with Gasteiger partial charge >= 0.3 is 0 Å². The quantitative estimate of drug-likeness (QED) is 0.586. The van der Waals surface area contributed by atoms with Crippen LogP contribution in [0.2, 0.25) is 0 Å². The van der Waals surface area contributed by atoms with Gasteiger partial charge < -0.3 is 4.98 Å². The number of thiocarbonyl (C=S) groups is 1. The molecule has 0 radical (unpaired) electrons. The van der Waals surface area contributed by atoms with Crippen LogP contribution in [0.4, 0.5) is 0 Å². The average Bonchev–Trinajstić information content (AvgIpc) is 2.82. The highest BCUT2D eigenvalue weighted by Crippen LogP contribution is 2.38. The number of fused-ring (bicyclic) bond motifs is 3. The molecule has 0 saturated carbocycles. The normalized spacial score (nSPS) is 10.8. The minimum absolute atomic E-state index is 0.506. The number of pyridine rings is 2. The minimum Gasteiger partial charge on any atom is -0.359 e. The summed E-state index contributed by atoms with van der Waals surface area (Å²) in [5.74, 6) is 0.723. The SMILES string of the molecule is N#CCCSC(=S)c1c2ccc[nH]c-2c2ncccc12. The maximum atomic E-state index is 8.63. The van der Waals surface area contributed by atoms with Gasteiger partial charge in [-0.15, -0.1) is 11.8 Å². The molecule has 1 aromatic heterocycles. The second-order valence-corrected chi connectivity index (χ2v) is 6.05. The Labute approximate surface area is 126 Å². The molecular weight excluding hydrogens is 286 g/mol. The van der Waals surface area contributed by atoms with Gasteiger partial charge in [-0.2, -0.15) is 5.26 Å². The number of nitriles is 1. The van der Waals surface area contributed by atoms with Crippen molar-refractivity contribution >= 4 is 39.1 Å². The number of aromatic amines is 1. The highest BCUT2D eigenvalue weighted by molar-refractivity contribution is 8.23. The third-order valence-corrected chi connectivity index (χ3v) is 4.52. The number of nitrogens with one attached hydrogen (secondary N) is 1. The fraction of sp³-hybridized carbons (Fsp3) is 0.133. The van der Waals surface area contributed by atoms with Crippen LogP contribution in [-0.2, 0) is 0 Å². The second-order valence-electron chi connectivity index (χ2n) is 4.28. The summed E-state index contributed by atoms with van der Waals surface area (Å²) in [6.07, 6.45) is 4.19. The van der Waals surface area contributed by atoms with Crippen LogP contribution < -0.4 is 0 Å². The first kappa shape index (κ1) is 13.1. The molecule has 0 aromatic carbocycles. The first-order valence-electron chi connectivity index (χ1n) is 6.21. The molecule has 1 aromatic rings. The van der Waals surface area contributed by atoms with E-state index in [1.165, 1.54) is 0 Å². The summed E-state index contributed by atoms with van der Waals surface area (Å²) in [5.41, 5.74) is 4.11. The maximum absolute atomic E-state index is 8.63. The first-order valence-corrected chi connectivity index (χ1v) is 7.60. The number of rotatable bonds is 3. The lowest BCUT2D eigenvalue weighted by atomic mass is 10.1. The van der Waals surface area contributed by atoms with E-state index < -0.39 is 0 Å². The molecule has 20 heavy (non-hydrogen) atoms. The minimum atomic E-state index is 0.506. The van der Waals surface area contributed by atoms with Crippen molar-refractivity contribution in [3.8, 4) is 17.3 Å². The summed E-state index contributed by atoms with van der Waals surface area (Å²) in [4.78, 5) is 7.71. The molecule has 0 amide bonds. The largest absolute Gasteiger partial charge is 0.359 e. The zero-order valence-corrected chi connectivity index (χ0v) is 12.2. The highest BCUT2D eigenvalue weighted by Gasteiger charge is 2.21. The van der Waals surface area contributed by atoms with Crippen LogP contribution in [0.25, 0.3) is 22.2 Å². The molecule has 3 nitrogen and oxygen atoms in total. The molecular formula is C15H11N3S2. The van der Waals surface area contributed by atoms with Crippen LogP contribution in [0.5, 0.6) is 0 Å². The van der Waals surface area contributed by atoms with E-state index in [2.05, 4.69) is 22.1 Å². The van der Waals surface area contributed by atoms with E-state index in [1.54, 1.807) is 18.0 Å². The van der Waals surface area contributed by atoms with Gasteiger partial charge in [-0.3, -0.25) is 4.98 Å². The predicted molar refractivity (Wildman–Crippen MR) is 87.1 cm³/mol. The van der Waals surface area contributed by atoms with Crippen molar-refractivity contribution in [1.82, 2.24) is 9.97 Å². The topological polar surface area (TPSA) is 52.5 Å². The molecule has 2 heterocycles. The fourth-order valence-corrected chi connectivity index (χ4v) is 3.49. The molecule has 0 atom stereocenters. The monoisotopic (exact) mass is 297 g/mol. The van der Waals surface area contributed by atoms with Gasteiger partial charge in [-0.05, 0) is 12.1 Å². The van der Waals surface area contributed by atoms with E-state index in [0.717, 1.165) is 37.7 Å². The number of aromatic nitrogens is 2. The van der Waals surface area contributed by atoms with E-state index >= 15 is 0 Å². The van der Waals surface area contributed by atoms with Crippen LogP contribution in [-0.4, -0.2) is 19.9 Å². The zero-order valence-electron chi connectivity index (χ0n) is 10.6. The van der Waals surface area contributed by atoms with Gasteiger partial charge in [0.05, 0.1) is 21.5 Å². The number of nitrogens with zero attached hydrogens (tertiary/aromatic N) is 2. The molecule has 0 spiro atoms. The van der Waals surface area contributed by atoms with E-state index in [1.807, 2.05) is 24.4 Å². The summed E-state index contributed by atoms with van der Waals surface area (Å²) < 4.78 is 0.827. The van der Waals surface area contributed by atoms with Gasteiger partial charge in [0, 0.05) is 41.1 Å². The third kappa shape index (κ3) is 2.17. The zero-order chi connectivity index (χ0) is 13.9. The Hall–Kier alpha value is -1.90. The van der Waals surface area contributed by atoms with Gasteiger partial charge in [-0.25, -0.2) is 0 Å². The van der Waals surface area contributed by atoms with Crippen LogP contribution in [0, 0.1) is 11.3 Å². The lowest BCUT2D eigenvalue weighted by molar-refractivity contribution is 1.25. The molecule has 5 heteroatoms. The number of hydrogen-bond donors (Lipinski definition) is 1.